The van der Waals surface area contributed by atoms with Crippen LogP contribution in [0, 0.1) is 13.8 Å². The molecule has 1 aromatic heterocycles. The van der Waals surface area contributed by atoms with E-state index in [-0.39, 0.29) is 5.91 Å². The number of aryl methyl sites for hydroxylation is 2. The third-order valence-electron chi connectivity index (χ3n) is 4.44. The average molecular weight is 289 g/mol. The second-order valence-corrected chi connectivity index (χ2v) is 6.15. The third kappa shape index (κ3) is 4.81. The predicted octanol–water partition coefficient (Wildman–Crippen LogP) is 2.58. The maximum atomic E-state index is 11.9. The van der Waals surface area contributed by atoms with E-state index in [1.54, 1.807) is 0 Å². The summed E-state index contributed by atoms with van der Waals surface area (Å²) in [5.74, 6) is 0.138. The SMILES string of the molecule is Cc1cc(CNC(=O)CCC(C)N2CCCC2)cnc1C. The third-order valence-corrected chi connectivity index (χ3v) is 4.44. The summed E-state index contributed by atoms with van der Waals surface area (Å²) >= 11 is 0. The maximum absolute atomic E-state index is 11.9. The first-order valence-electron chi connectivity index (χ1n) is 7.99. The summed E-state index contributed by atoms with van der Waals surface area (Å²) in [6.45, 7) is 9.23. The number of nitrogens with zero attached hydrogens (tertiary/aromatic N) is 2. The standard InChI is InChI=1S/C17H27N3O/c1-13-10-16(11-18-15(13)3)12-19-17(21)7-6-14(2)20-8-4-5-9-20/h10-11,14H,4-9,12H2,1-3H3,(H,19,21). The zero-order chi connectivity index (χ0) is 15.2. The van der Waals surface area contributed by atoms with Crippen molar-refractivity contribution in [2.45, 2.75) is 59.0 Å². The molecule has 1 amide bonds. The molecule has 4 heteroatoms. The smallest absolute Gasteiger partial charge is 0.220 e. The molecular formula is C17H27N3O. The Morgan fingerprint density at radius 1 is 1.38 bits per heavy atom. The lowest BCUT2D eigenvalue weighted by Gasteiger charge is -2.23. The highest BCUT2D eigenvalue weighted by atomic mass is 16.1. The molecule has 1 aliphatic heterocycles. The molecule has 0 spiro atoms. The highest BCUT2D eigenvalue weighted by molar-refractivity contribution is 5.75. The van der Waals surface area contributed by atoms with Crippen LogP contribution >= 0.6 is 0 Å². The molecule has 0 bridgehead atoms. The fourth-order valence-corrected chi connectivity index (χ4v) is 2.79. The van der Waals surface area contributed by atoms with Gasteiger partial charge in [-0.25, -0.2) is 0 Å². The van der Waals surface area contributed by atoms with Gasteiger partial charge in [0.15, 0.2) is 0 Å². The van der Waals surface area contributed by atoms with Gasteiger partial charge in [0.05, 0.1) is 0 Å². The van der Waals surface area contributed by atoms with Gasteiger partial charge in [-0.15, -0.1) is 0 Å². The van der Waals surface area contributed by atoms with Crippen LogP contribution in [0.15, 0.2) is 12.3 Å². The van der Waals surface area contributed by atoms with Crippen LogP contribution in [-0.4, -0.2) is 34.9 Å². The zero-order valence-electron chi connectivity index (χ0n) is 13.5. The summed E-state index contributed by atoms with van der Waals surface area (Å²) in [5, 5.41) is 2.99. The van der Waals surface area contributed by atoms with Crippen molar-refractivity contribution >= 4 is 5.91 Å². The molecule has 0 saturated carbocycles. The number of aromatic nitrogens is 1. The van der Waals surface area contributed by atoms with Crippen molar-refractivity contribution in [2.24, 2.45) is 0 Å². The molecule has 4 nitrogen and oxygen atoms in total. The van der Waals surface area contributed by atoms with Crippen molar-refractivity contribution in [3.05, 3.63) is 29.1 Å². The van der Waals surface area contributed by atoms with E-state index in [0.717, 1.165) is 17.7 Å². The van der Waals surface area contributed by atoms with E-state index in [1.165, 1.54) is 31.5 Å². The summed E-state index contributed by atoms with van der Waals surface area (Å²) in [4.78, 5) is 18.7. The van der Waals surface area contributed by atoms with Crippen LogP contribution in [0.5, 0.6) is 0 Å². The molecule has 1 unspecified atom stereocenters. The van der Waals surface area contributed by atoms with Crippen molar-refractivity contribution < 1.29 is 4.79 Å². The number of carbonyl (C=O) groups excluding carboxylic acids is 1. The highest BCUT2D eigenvalue weighted by Gasteiger charge is 2.18. The Morgan fingerprint density at radius 3 is 2.76 bits per heavy atom. The minimum absolute atomic E-state index is 0.138. The molecule has 0 aliphatic carbocycles. The lowest BCUT2D eigenvalue weighted by atomic mass is 10.1. The topological polar surface area (TPSA) is 45.2 Å². The largest absolute Gasteiger partial charge is 0.352 e. The maximum Gasteiger partial charge on any atom is 0.220 e. The Labute approximate surface area is 127 Å². The lowest BCUT2D eigenvalue weighted by molar-refractivity contribution is -0.121. The fraction of sp³-hybridized carbons (Fsp3) is 0.647. The quantitative estimate of drug-likeness (QED) is 0.875. The summed E-state index contributed by atoms with van der Waals surface area (Å²) in [7, 11) is 0. The molecule has 0 aromatic carbocycles. The van der Waals surface area contributed by atoms with Crippen molar-refractivity contribution in [2.75, 3.05) is 13.1 Å². The Hall–Kier alpha value is -1.42. The van der Waals surface area contributed by atoms with Crippen LogP contribution in [0.2, 0.25) is 0 Å². The number of likely N-dealkylation sites (tertiary alicyclic amines) is 1. The molecule has 2 rings (SSSR count). The number of amides is 1. The summed E-state index contributed by atoms with van der Waals surface area (Å²) in [6.07, 6.45) is 6.00. The normalized spacial score (nSPS) is 16.9. The van der Waals surface area contributed by atoms with E-state index in [4.69, 9.17) is 0 Å². The molecule has 2 heterocycles. The van der Waals surface area contributed by atoms with E-state index in [1.807, 2.05) is 20.0 Å². The first kappa shape index (κ1) is 16.0. The number of rotatable bonds is 6. The predicted molar refractivity (Wildman–Crippen MR) is 85.1 cm³/mol. The molecule has 1 fully saturated rings. The van der Waals surface area contributed by atoms with Crippen LogP contribution < -0.4 is 5.32 Å². The van der Waals surface area contributed by atoms with Gasteiger partial charge in [-0.1, -0.05) is 6.07 Å². The van der Waals surface area contributed by atoms with Crippen LogP contribution in [-0.2, 0) is 11.3 Å². The van der Waals surface area contributed by atoms with Gasteiger partial charge < -0.3 is 10.2 Å². The Kier molecular flexibility index (Phi) is 5.74. The number of nitrogens with one attached hydrogen (secondary N) is 1. The molecular weight excluding hydrogens is 262 g/mol. The second-order valence-electron chi connectivity index (χ2n) is 6.15. The van der Waals surface area contributed by atoms with E-state index in [0.29, 0.717) is 19.0 Å². The van der Waals surface area contributed by atoms with Gasteiger partial charge in [-0.05, 0) is 64.3 Å². The van der Waals surface area contributed by atoms with Crippen LogP contribution in [0.1, 0.15) is 49.4 Å². The van der Waals surface area contributed by atoms with Crippen molar-refractivity contribution in [1.29, 1.82) is 0 Å². The number of carbonyl (C=O) groups is 1. The zero-order valence-corrected chi connectivity index (χ0v) is 13.5. The minimum atomic E-state index is 0.138. The van der Waals surface area contributed by atoms with E-state index in [9.17, 15) is 4.79 Å². The summed E-state index contributed by atoms with van der Waals surface area (Å²) < 4.78 is 0. The van der Waals surface area contributed by atoms with E-state index >= 15 is 0 Å². The van der Waals surface area contributed by atoms with Gasteiger partial charge in [0.2, 0.25) is 5.91 Å². The molecule has 1 aliphatic rings. The summed E-state index contributed by atoms with van der Waals surface area (Å²) in [5.41, 5.74) is 3.29. The molecule has 1 N–H and O–H groups in total. The Morgan fingerprint density at radius 2 is 2.10 bits per heavy atom. The Bertz CT molecular complexity index is 481. The summed E-state index contributed by atoms with van der Waals surface area (Å²) in [6, 6.07) is 2.61. The molecule has 1 atom stereocenters. The number of hydrogen-bond acceptors (Lipinski definition) is 3. The monoisotopic (exact) mass is 289 g/mol. The van der Waals surface area contributed by atoms with Gasteiger partial charge >= 0.3 is 0 Å². The van der Waals surface area contributed by atoms with E-state index < -0.39 is 0 Å². The van der Waals surface area contributed by atoms with Crippen molar-refractivity contribution in [3.63, 3.8) is 0 Å². The molecule has 116 valence electrons. The van der Waals surface area contributed by atoms with E-state index in [2.05, 4.69) is 28.2 Å². The van der Waals surface area contributed by atoms with Crippen LogP contribution in [0.4, 0.5) is 0 Å². The highest BCUT2D eigenvalue weighted by Crippen LogP contribution is 2.14. The minimum Gasteiger partial charge on any atom is -0.352 e. The van der Waals surface area contributed by atoms with Gasteiger partial charge in [0.1, 0.15) is 0 Å². The Balaban J connectivity index is 1.70. The van der Waals surface area contributed by atoms with Crippen LogP contribution in [0.3, 0.4) is 0 Å². The van der Waals surface area contributed by atoms with Crippen LogP contribution in [0.25, 0.3) is 0 Å². The molecule has 21 heavy (non-hydrogen) atoms. The van der Waals surface area contributed by atoms with Crippen molar-refractivity contribution in [3.8, 4) is 0 Å². The number of pyridine rings is 1. The van der Waals surface area contributed by atoms with Gasteiger partial charge in [-0.3, -0.25) is 9.78 Å². The van der Waals surface area contributed by atoms with Crippen molar-refractivity contribution in [1.82, 2.24) is 15.2 Å². The first-order valence-corrected chi connectivity index (χ1v) is 7.99. The number of hydrogen-bond donors (Lipinski definition) is 1. The molecule has 1 aromatic rings. The first-order chi connectivity index (χ1) is 10.1. The van der Waals surface area contributed by atoms with Gasteiger partial charge in [0, 0.05) is 30.9 Å². The van der Waals surface area contributed by atoms with Gasteiger partial charge in [0.25, 0.3) is 0 Å². The average Bonchev–Trinajstić information content (AvgIpc) is 3.00. The lowest BCUT2D eigenvalue weighted by Crippen LogP contribution is -2.32. The fourth-order valence-electron chi connectivity index (χ4n) is 2.79. The second kappa shape index (κ2) is 7.55. The van der Waals surface area contributed by atoms with Gasteiger partial charge in [-0.2, -0.15) is 0 Å². The molecule has 1 saturated heterocycles. The molecule has 0 radical (unpaired) electrons.